The fourth-order valence-corrected chi connectivity index (χ4v) is 5.58. The van der Waals surface area contributed by atoms with Crippen LogP contribution in [0.15, 0.2) is 72.3 Å². The Kier molecular flexibility index (Phi) is 7.00. The minimum Gasteiger partial charge on any atom is -0.507 e. The molecule has 0 aliphatic carbocycles. The summed E-state index contributed by atoms with van der Waals surface area (Å²) >= 11 is 7.43. The van der Waals surface area contributed by atoms with E-state index in [9.17, 15) is 14.7 Å². The lowest BCUT2D eigenvalue weighted by Gasteiger charge is -2.23. The van der Waals surface area contributed by atoms with Crippen LogP contribution in [0, 0.1) is 6.92 Å². The molecule has 1 unspecified atom stereocenters. The molecule has 8 heteroatoms. The highest BCUT2D eigenvalue weighted by molar-refractivity contribution is 7.22. The zero-order valence-corrected chi connectivity index (χ0v) is 22.0. The van der Waals surface area contributed by atoms with Gasteiger partial charge in [-0.05, 0) is 49.2 Å². The number of unbranched alkanes of at least 4 members (excludes halogenated alkanes) is 1. The number of fused-ring (bicyclic) bond motifs is 1. The lowest BCUT2D eigenvalue weighted by atomic mass is 9.95. The number of aryl methyl sites for hydroxylation is 1. The first-order valence-electron chi connectivity index (χ1n) is 12.0. The average Bonchev–Trinajstić information content (AvgIpc) is 3.42. The Morgan fingerprint density at radius 3 is 2.65 bits per heavy atom. The van der Waals surface area contributed by atoms with Crippen LogP contribution in [0.25, 0.3) is 16.0 Å². The number of ether oxygens (including phenoxy) is 1. The van der Waals surface area contributed by atoms with E-state index in [1.54, 1.807) is 30.3 Å². The van der Waals surface area contributed by atoms with Gasteiger partial charge in [0.2, 0.25) is 0 Å². The molecular weight excluding hydrogens is 508 g/mol. The van der Waals surface area contributed by atoms with E-state index in [1.165, 1.54) is 16.2 Å². The second-order valence-electron chi connectivity index (χ2n) is 8.92. The van der Waals surface area contributed by atoms with Crippen LogP contribution in [0.3, 0.4) is 0 Å². The van der Waals surface area contributed by atoms with Gasteiger partial charge in [-0.25, -0.2) is 4.98 Å². The predicted molar refractivity (Wildman–Crippen MR) is 147 cm³/mol. The van der Waals surface area contributed by atoms with Crippen molar-refractivity contribution in [2.75, 3.05) is 11.5 Å². The summed E-state index contributed by atoms with van der Waals surface area (Å²) in [4.78, 5) is 32.9. The number of rotatable bonds is 7. The van der Waals surface area contributed by atoms with Gasteiger partial charge < -0.3 is 9.84 Å². The number of aliphatic hydroxyl groups is 1. The van der Waals surface area contributed by atoms with Gasteiger partial charge in [0.15, 0.2) is 5.13 Å². The van der Waals surface area contributed by atoms with Crippen LogP contribution in [0.4, 0.5) is 5.13 Å². The first kappa shape index (κ1) is 25.0. The maximum atomic E-state index is 13.5. The number of aliphatic hydroxyl groups excluding tert-OH is 1. The summed E-state index contributed by atoms with van der Waals surface area (Å²) in [6.45, 7) is 4.58. The molecule has 1 amide bonds. The van der Waals surface area contributed by atoms with Crippen LogP contribution < -0.4 is 9.64 Å². The van der Waals surface area contributed by atoms with Crippen LogP contribution in [0.5, 0.6) is 5.75 Å². The normalized spacial score (nSPS) is 17.1. The molecule has 0 radical (unpaired) electrons. The fourth-order valence-electron chi connectivity index (χ4n) is 4.31. The van der Waals surface area contributed by atoms with Crippen molar-refractivity contribution in [1.29, 1.82) is 0 Å². The molecule has 0 spiro atoms. The third-order valence-electron chi connectivity index (χ3n) is 6.26. The number of carbonyl (C=O) groups is 2. The van der Waals surface area contributed by atoms with Gasteiger partial charge in [-0.2, -0.15) is 0 Å². The highest BCUT2D eigenvalue weighted by Gasteiger charge is 2.48. The molecule has 1 aliphatic heterocycles. The molecule has 1 saturated heterocycles. The molecule has 1 fully saturated rings. The third kappa shape index (κ3) is 4.84. The van der Waals surface area contributed by atoms with Gasteiger partial charge in [-0.3, -0.25) is 14.5 Å². The lowest BCUT2D eigenvalue weighted by Crippen LogP contribution is -2.29. The molecule has 0 bridgehead atoms. The van der Waals surface area contributed by atoms with E-state index >= 15 is 0 Å². The first-order valence-corrected chi connectivity index (χ1v) is 13.2. The molecule has 188 valence electrons. The van der Waals surface area contributed by atoms with Crippen molar-refractivity contribution in [3.63, 3.8) is 0 Å². The predicted octanol–water partition coefficient (Wildman–Crippen LogP) is 7.06. The number of ketones is 1. The molecule has 0 saturated carbocycles. The number of Topliss-reactive ketones (excluding diaryl/α,β-unsaturated/α-hetero) is 1. The van der Waals surface area contributed by atoms with Gasteiger partial charge in [0.05, 0.1) is 28.4 Å². The third-order valence-corrected chi connectivity index (χ3v) is 7.51. The number of nitrogens with zero attached hydrogens (tertiary/aromatic N) is 2. The lowest BCUT2D eigenvalue weighted by molar-refractivity contribution is -0.132. The molecule has 4 aromatic rings. The SMILES string of the molecule is CCCCOc1cccc(C2C(=C(O)c3ccc(C)cc3)C(=O)C(=O)N2c2nc3ccc(Cl)cc3s2)c1. The van der Waals surface area contributed by atoms with Crippen molar-refractivity contribution < 1.29 is 19.4 Å². The number of benzene rings is 3. The summed E-state index contributed by atoms with van der Waals surface area (Å²) in [6, 6.07) is 18.9. The zero-order chi connectivity index (χ0) is 26.1. The second-order valence-corrected chi connectivity index (χ2v) is 10.4. The van der Waals surface area contributed by atoms with E-state index < -0.39 is 17.7 Å². The topological polar surface area (TPSA) is 79.7 Å². The molecular formula is C29H25ClN2O4S. The van der Waals surface area contributed by atoms with E-state index in [1.807, 2.05) is 43.3 Å². The summed E-state index contributed by atoms with van der Waals surface area (Å²) in [5, 5.41) is 12.2. The summed E-state index contributed by atoms with van der Waals surface area (Å²) in [7, 11) is 0. The van der Waals surface area contributed by atoms with Gasteiger partial charge in [0.1, 0.15) is 11.5 Å². The zero-order valence-electron chi connectivity index (χ0n) is 20.4. The molecule has 6 nitrogen and oxygen atoms in total. The highest BCUT2D eigenvalue weighted by Crippen LogP contribution is 2.45. The Morgan fingerprint density at radius 1 is 1.11 bits per heavy atom. The quantitative estimate of drug-likeness (QED) is 0.119. The van der Waals surface area contributed by atoms with Crippen molar-refractivity contribution in [1.82, 2.24) is 4.98 Å². The number of thiazole rings is 1. The maximum absolute atomic E-state index is 13.5. The summed E-state index contributed by atoms with van der Waals surface area (Å²) in [6.07, 6.45) is 1.91. The Bertz CT molecular complexity index is 1530. The van der Waals surface area contributed by atoms with Gasteiger partial charge in [0, 0.05) is 10.6 Å². The minimum atomic E-state index is -0.882. The van der Waals surface area contributed by atoms with Gasteiger partial charge >= 0.3 is 5.91 Å². The van der Waals surface area contributed by atoms with Crippen LogP contribution in [0.1, 0.15) is 42.5 Å². The minimum absolute atomic E-state index is 0.0110. The molecule has 1 aromatic heterocycles. The highest BCUT2D eigenvalue weighted by atomic mass is 35.5. The molecule has 1 N–H and O–H groups in total. The number of anilines is 1. The Morgan fingerprint density at radius 2 is 1.89 bits per heavy atom. The van der Waals surface area contributed by atoms with Gasteiger partial charge in [-0.15, -0.1) is 0 Å². The Labute approximate surface area is 223 Å². The van der Waals surface area contributed by atoms with Crippen molar-refractivity contribution in [3.8, 4) is 5.75 Å². The van der Waals surface area contributed by atoms with E-state index in [-0.39, 0.29) is 11.3 Å². The maximum Gasteiger partial charge on any atom is 0.301 e. The fraction of sp³-hybridized carbons (Fsp3) is 0.207. The molecule has 5 rings (SSSR count). The molecule has 37 heavy (non-hydrogen) atoms. The largest absolute Gasteiger partial charge is 0.507 e. The standard InChI is InChI=1S/C29H25ClN2O4S/c1-3-4-14-36-21-7-5-6-19(15-21)25-24(26(33)18-10-8-17(2)9-11-18)27(34)28(35)32(25)29-31-22-13-12-20(30)16-23(22)37-29/h5-13,15-16,25,33H,3-4,14H2,1-2H3. The Balaban J connectivity index is 1.67. The number of hydrogen-bond acceptors (Lipinski definition) is 6. The smallest absolute Gasteiger partial charge is 0.301 e. The van der Waals surface area contributed by atoms with Crippen LogP contribution >= 0.6 is 22.9 Å². The van der Waals surface area contributed by atoms with E-state index in [2.05, 4.69) is 11.9 Å². The number of aromatic nitrogens is 1. The first-order chi connectivity index (χ1) is 17.9. The van der Waals surface area contributed by atoms with Crippen LogP contribution in [0.2, 0.25) is 5.02 Å². The monoisotopic (exact) mass is 532 g/mol. The molecule has 3 aromatic carbocycles. The number of hydrogen-bond donors (Lipinski definition) is 1. The molecule has 2 heterocycles. The van der Waals surface area contributed by atoms with E-state index in [0.29, 0.717) is 39.2 Å². The van der Waals surface area contributed by atoms with Gasteiger partial charge in [0.25, 0.3) is 5.78 Å². The molecule has 1 atom stereocenters. The van der Waals surface area contributed by atoms with Gasteiger partial charge in [-0.1, -0.05) is 78.2 Å². The number of amides is 1. The summed E-state index contributed by atoms with van der Waals surface area (Å²) < 4.78 is 6.69. The average molecular weight is 533 g/mol. The van der Waals surface area contributed by atoms with Crippen molar-refractivity contribution >= 4 is 55.7 Å². The second kappa shape index (κ2) is 10.4. The van der Waals surface area contributed by atoms with Crippen LogP contribution in [-0.4, -0.2) is 28.4 Å². The Hall–Kier alpha value is -3.68. The van der Waals surface area contributed by atoms with E-state index in [0.717, 1.165) is 23.1 Å². The van der Waals surface area contributed by atoms with Crippen molar-refractivity contribution in [3.05, 3.63) is 94.0 Å². The van der Waals surface area contributed by atoms with E-state index in [4.69, 9.17) is 16.3 Å². The summed E-state index contributed by atoms with van der Waals surface area (Å²) in [5.74, 6) is -1.12. The summed E-state index contributed by atoms with van der Waals surface area (Å²) in [5.41, 5.74) is 2.79. The number of carbonyl (C=O) groups excluding carboxylic acids is 2. The number of halogens is 1. The van der Waals surface area contributed by atoms with Crippen LogP contribution in [-0.2, 0) is 9.59 Å². The van der Waals surface area contributed by atoms with Crippen molar-refractivity contribution in [2.24, 2.45) is 0 Å². The molecule has 1 aliphatic rings. The van der Waals surface area contributed by atoms with Crippen molar-refractivity contribution in [2.45, 2.75) is 32.7 Å².